The standard InChI is InChI=1S/C24H24N4O4S2/c1-15-22-18(24(29)25-13-16-6-3-4-7-20(16)32-2)12-19(21-8-5-10-33-21)26-23(22)28(27-15)17-9-11-34(30,31)14-17/h3-8,10,12,17H,9,11,13-14H2,1-2H3,(H,25,29)/t17-/m0/s1. The van der Waals surface area contributed by atoms with Crippen molar-refractivity contribution in [1.82, 2.24) is 20.1 Å². The summed E-state index contributed by atoms with van der Waals surface area (Å²) in [6.07, 6.45) is 0.485. The van der Waals surface area contributed by atoms with E-state index in [4.69, 9.17) is 9.72 Å². The largest absolute Gasteiger partial charge is 0.496 e. The number of amides is 1. The van der Waals surface area contributed by atoms with Gasteiger partial charge in [-0.1, -0.05) is 24.3 Å². The highest BCUT2D eigenvalue weighted by Crippen LogP contribution is 2.33. The second-order valence-electron chi connectivity index (χ2n) is 8.31. The molecule has 0 radical (unpaired) electrons. The molecule has 5 rings (SSSR count). The van der Waals surface area contributed by atoms with Crippen molar-refractivity contribution in [3.8, 4) is 16.3 Å². The number of aromatic nitrogens is 3. The average molecular weight is 497 g/mol. The van der Waals surface area contributed by atoms with Gasteiger partial charge in [0.2, 0.25) is 0 Å². The summed E-state index contributed by atoms with van der Waals surface area (Å²) in [5, 5.41) is 10.2. The first-order valence-corrected chi connectivity index (χ1v) is 13.6. The minimum Gasteiger partial charge on any atom is -0.496 e. The predicted molar refractivity (Wildman–Crippen MR) is 132 cm³/mol. The number of aryl methyl sites for hydroxylation is 1. The third-order valence-electron chi connectivity index (χ3n) is 6.04. The maximum absolute atomic E-state index is 13.4. The molecule has 0 bridgehead atoms. The Morgan fingerprint density at radius 3 is 2.79 bits per heavy atom. The van der Waals surface area contributed by atoms with Gasteiger partial charge in [-0.3, -0.25) is 4.79 Å². The highest BCUT2D eigenvalue weighted by Gasteiger charge is 2.32. The first-order valence-electron chi connectivity index (χ1n) is 10.9. The molecule has 10 heteroatoms. The Bertz CT molecular complexity index is 1480. The fourth-order valence-electron chi connectivity index (χ4n) is 4.39. The molecule has 4 heterocycles. The van der Waals surface area contributed by atoms with Crippen molar-refractivity contribution in [3.05, 3.63) is 64.7 Å². The highest BCUT2D eigenvalue weighted by molar-refractivity contribution is 7.91. The summed E-state index contributed by atoms with van der Waals surface area (Å²) in [5.41, 5.74) is 3.17. The molecule has 1 aliphatic heterocycles. The number of para-hydroxylation sites is 1. The maximum atomic E-state index is 13.4. The minimum atomic E-state index is -3.11. The molecular formula is C24H24N4O4S2. The molecule has 0 aliphatic carbocycles. The summed E-state index contributed by atoms with van der Waals surface area (Å²) < 4.78 is 31.3. The summed E-state index contributed by atoms with van der Waals surface area (Å²) >= 11 is 1.53. The number of sulfone groups is 1. The van der Waals surface area contributed by atoms with Crippen LogP contribution in [0.25, 0.3) is 21.6 Å². The van der Waals surface area contributed by atoms with Crippen molar-refractivity contribution in [2.75, 3.05) is 18.6 Å². The fourth-order valence-corrected chi connectivity index (χ4v) is 6.76. The van der Waals surface area contributed by atoms with Gasteiger partial charge in [-0.2, -0.15) is 5.10 Å². The molecule has 8 nitrogen and oxygen atoms in total. The normalized spacial score (nSPS) is 17.2. The molecule has 0 spiro atoms. The van der Waals surface area contributed by atoms with Crippen molar-refractivity contribution in [2.45, 2.75) is 25.9 Å². The van der Waals surface area contributed by atoms with Crippen molar-refractivity contribution in [3.63, 3.8) is 0 Å². The van der Waals surface area contributed by atoms with Crippen molar-refractivity contribution in [1.29, 1.82) is 0 Å². The molecule has 1 aromatic carbocycles. The van der Waals surface area contributed by atoms with Crippen molar-refractivity contribution >= 4 is 38.1 Å². The van der Waals surface area contributed by atoms with Gasteiger partial charge in [-0.25, -0.2) is 18.1 Å². The first kappa shape index (κ1) is 22.5. The van der Waals surface area contributed by atoms with E-state index >= 15 is 0 Å². The number of ether oxygens (including phenoxy) is 1. The van der Waals surface area contributed by atoms with Crippen LogP contribution in [0.1, 0.15) is 34.1 Å². The van der Waals surface area contributed by atoms with Gasteiger partial charge in [0.1, 0.15) is 5.75 Å². The van der Waals surface area contributed by atoms with Gasteiger partial charge >= 0.3 is 0 Å². The van der Waals surface area contributed by atoms with Crippen LogP contribution in [0.15, 0.2) is 47.8 Å². The van der Waals surface area contributed by atoms with Crippen LogP contribution >= 0.6 is 11.3 Å². The molecule has 1 N–H and O–H groups in total. The molecular weight excluding hydrogens is 472 g/mol. The van der Waals surface area contributed by atoms with Crippen LogP contribution in [0.2, 0.25) is 0 Å². The van der Waals surface area contributed by atoms with Crippen LogP contribution in [-0.2, 0) is 16.4 Å². The van der Waals surface area contributed by atoms with Gasteiger partial charge < -0.3 is 10.1 Å². The van der Waals surface area contributed by atoms with Crippen LogP contribution in [0.3, 0.4) is 0 Å². The van der Waals surface area contributed by atoms with Gasteiger partial charge in [0.05, 0.1) is 51.9 Å². The van der Waals surface area contributed by atoms with E-state index in [1.807, 2.05) is 48.7 Å². The summed E-state index contributed by atoms with van der Waals surface area (Å²) in [6.45, 7) is 2.13. The smallest absolute Gasteiger partial charge is 0.252 e. The lowest BCUT2D eigenvalue weighted by Gasteiger charge is -2.13. The van der Waals surface area contributed by atoms with Gasteiger partial charge in [0, 0.05) is 12.1 Å². The molecule has 34 heavy (non-hydrogen) atoms. The van der Waals surface area contributed by atoms with Gasteiger partial charge in [0.25, 0.3) is 5.91 Å². The van der Waals surface area contributed by atoms with E-state index in [0.717, 1.165) is 10.4 Å². The van der Waals surface area contributed by atoms with E-state index in [2.05, 4.69) is 10.4 Å². The summed E-state index contributed by atoms with van der Waals surface area (Å²) in [6, 6.07) is 12.9. The molecule has 3 aromatic heterocycles. The third-order valence-corrected chi connectivity index (χ3v) is 8.68. The quantitative estimate of drug-likeness (QED) is 0.436. The third kappa shape index (κ3) is 4.19. The Kier molecular flexibility index (Phi) is 5.86. The van der Waals surface area contributed by atoms with E-state index in [-0.39, 0.29) is 23.5 Å². The number of fused-ring (bicyclic) bond motifs is 1. The molecule has 0 unspecified atom stereocenters. The lowest BCUT2D eigenvalue weighted by atomic mass is 10.1. The van der Waals surface area contributed by atoms with E-state index in [1.54, 1.807) is 17.9 Å². The Morgan fingerprint density at radius 2 is 2.09 bits per heavy atom. The number of pyridine rings is 1. The Morgan fingerprint density at radius 1 is 1.26 bits per heavy atom. The molecule has 1 atom stereocenters. The number of carbonyl (C=O) groups is 1. The second-order valence-corrected chi connectivity index (χ2v) is 11.5. The number of benzene rings is 1. The second kappa shape index (κ2) is 8.84. The molecule has 0 saturated carbocycles. The number of methoxy groups -OCH3 is 1. The van der Waals surface area contributed by atoms with Crippen LogP contribution < -0.4 is 10.1 Å². The predicted octanol–water partition coefficient (Wildman–Crippen LogP) is 3.77. The van der Waals surface area contributed by atoms with Gasteiger partial charge in [0.15, 0.2) is 15.5 Å². The number of hydrogen-bond donors (Lipinski definition) is 1. The van der Waals surface area contributed by atoms with E-state index < -0.39 is 9.84 Å². The summed E-state index contributed by atoms with van der Waals surface area (Å²) in [4.78, 5) is 19.2. The van der Waals surface area contributed by atoms with Crippen LogP contribution in [0.4, 0.5) is 0 Å². The Balaban J connectivity index is 1.58. The SMILES string of the molecule is COc1ccccc1CNC(=O)c1cc(-c2cccs2)nc2c1c(C)nn2[C@H]1CCS(=O)(=O)C1. The van der Waals surface area contributed by atoms with Crippen molar-refractivity contribution in [2.24, 2.45) is 0 Å². The summed E-state index contributed by atoms with van der Waals surface area (Å²) in [5.74, 6) is 0.615. The number of nitrogens with one attached hydrogen (secondary N) is 1. The highest BCUT2D eigenvalue weighted by atomic mass is 32.2. The molecule has 4 aromatic rings. The average Bonchev–Trinajstić information content (AvgIpc) is 3.56. The van der Waals surface area contributed by atoms with E-state index in [1.165, 1.54) is 11.3 Å². The Labute approximate surface area is 201 Å². The molecule has 1 saturated heterocycles. The van der Waals surface area contributed by atoms with Crippen LogP contribution in [0, 0.1) is 6.92 Å². The van der Waals surface area contributed by atoms with E-state index in [0.29, 0.717) is 46.7 Å². The Hall–Kier alpha value is -3.24. The lowest BCUT2D eigenvalue weighted by Crippen LogP contribution is -2.23. The maximum Gasteiger partial charge on any atom is 0.252 e. The van der Waals surface area contributed by atoms with Crippen LogP contribution in [0.5, 0.6) is 5.75 Å². The topological polar surface area (TPSA) is 103 Å². The summed E-state index contributed by atoms with van der Waals surface area (Å²) in [7, 11) is -1.51. The fraction of sp³-hybridized carbons (Fsp3) is 0.292. The number of carbonyl (C=O) groups excluding carboxylic acids is 1. The lowest BCUT2D eigenvalue weighted by molar-refractivity contribution is 0.0952. The van der Waals surface area contributed by atoms with E-state index in [9.17, 15) is 13.2 Å². The van der Waals surface area contributed by atoms with Crippen LogP contribution in [-0.4, -0.2) is 47.7 Å². The zero-order valence-corrected chi connectivity index (χ0v) is 20.4. The number of nitrogens with zero attached hydrogens (tertiary/aromatic N) is 3. The number of hydrogen-bond acceptors (Lipinski definition) is 7. The van der Waals surface area contributed by atoms with Gasteiger partial charge in [-0.15, -0.1) is 11.3 Å². The zero-order chi connectivity index (χ0) is 23.9. The van der Waals surface area contributed by atoms with Gasteiger partial charge in [-0.05, 0) is 36.9 Å². The molecule has 1 amide bonds. The molecule has 176 valence electrons. The van der Waals surface area contributed by atoms with Crippen molar-refractivity contribution < 1.29 is 17.9 Å². The number of rotatable bonds is 6. The number of thiophene rings is 1. The molecule has 1 aliphatic rings. The first-order chi connectivity index (χ1) is 16.4. The minimum absolute atomic E-state index is 0.0312. The monoisotopic (exact) mass is 496 g/mol. The zero-order valence-electron chi connectivity index (χ0n) is 18.8. The molecule has 1 fully saturated rings.